The van der Waals surface area contributed by atoms with E-state index in [9.17, 15) is 18.0 Å². The first-order chi connectivity index (χ1) is 21.3. The van der Waals surface area contributed by atoms with E-state index in [1.54, 1.807) is 54.6 Å². The second-order valence-electron chi connectivity index (χ2n) is 11.3. The molecule has 0 saturated carbocycles. The Morgan fingerprint density at radius 2 is 1.38 bits per heavy atom. The molecule has 45 heavy (non-hydrogen) atoms. The van der Waals surface area contributed by atoms with Gasteiger partial charge in [-0.3, -0.25) is 13.9 Å². The summed E-state index contributed by atoms with van der Waals surface area (Å²) >= 11 is 12.5. The molecule has 4 aromatic carbocycles. The molecule has 0 aromatic heterocycles. The average molecular weight is 667 g/mol. The van der Waals surface area contributed by atoms with Crippen molar-refractivity contribution in [2.45, 2.75) is 57.6 Å². The van der Waals surface area contributed by atoms with Crippen LogP contribution in [0.25, 0.3) is 0 Å². The molecule has 4 aromatic rings. The van der Waals surface area contributed by atoms with Gasteiger partial charge in [-0.05, 0) is 75.2 Å². The number of carbonyl (C=O) groups excluding carboxylic acids is 2. The molecule has 1 atom stereocenters. The molecule has 0 radical (unpaired) electrons. The number of hydrogen-bond donors (Lipinski definition) is 1. The van der Waals surface area contributed by atoms with Crippen molar-refractivity contribution in [1.82, 2.24) is 10.2 Å². The lowest BCUT2D eigenvalue weighted by molar-refractivity contribution is -0.140. The van der Waals surface area contributed by atoms with Crippen LogP contribution in [0.15, 0.2) is 102 Å². The number of aryl methyl sites for hydroxylation is 2. The summed E-state index contributed by atoms with van der Waals surface area (Å²) in [6.45, 7) is 6.90. The fourth-order valence-corrected chi connectivity index (χ4v) is 6.58. The third-order valence-corrected chi connectivity index (χ3v) is 9.78. The number of halogens is 2. The predicted octanol–water partition coefficient (Wildman–Crippen LogP) is 6.97. The van der Waals surface area contributed by atoms with Crippen LogP contribution >= 0.6 is 23.2 Å². The van der Waals surface area contributed by atoms with E-state index in [4.69, 9.17) is 23.2 Å². The highest BCUT2D eigenvalue weighted by Crippen LogP contribution is 2.27. The average Bonchev–Trinajstić information content (AvgIpc) is 3.00. The van der Waals surface area contributed by atoms with E-state index in [0.717, 1.165) is 21.0 Å². The van der Waals surface area contributed by atoms with Crippen LogP contribution in [0.4, 0.5) is 5.69 Å². The van der Waals surface area contributed by atoms with Gasteiger partial charge < -0.3 is 10.2 Å². The molecule has 0 bridgehead atoms. The van der Waals surface area contributed by atoms with Gasteiger partial charge >= 0.3 is 0 Å². The Labute approximate surface area is 275 Å². The van der Waals surface area contributed by atoms with Gasteiger partial charge in [0.05, 0.1) is 20.6 Å². The molecule has 10 heteroatoms. The molecule has 0 aliphatic rings. The SMILES string of the molecule is Cc1ccc(N(CC(=O)N(Cc2ccc(Cl)c(Cl)c2)[C@@H](Cc2ccccc2)C(=O)NC(C)C)S(=O)(=O)c2ccc(C)cc2)cc1. The molecule has 0 spiro atoms. The lowest BCUT2D eigenvalue weighted by Gasteiger charge is -2.34. The van der Waals surface area contributed by atoms with Crippen molar-refractivity contribution in [3.05, 3.63) is 129 Å². The second-order valence-corrected chi connectivity index (χ2v) is 14.0. The first-order valence-electron chi connectivity index (χ1n) is 14.6. The Morgan fingerprint density at radius 3 is 1.96 bits per heavy atom. The maximum absolute atomic E-state index is 14.5. The van der Waals surface area contributed by atoms with Crippen LogP contribution in [0.1, 0.15) is 36.1 Å². The molecule has 236 valence electrons. The topological polar surface area (TPSA) is 86.8 Å². The van der Waals surface area contributed by atoms with Gasteiger partial charge in [0.1, 0.15) is 12.6 Å². The lowest BCUT2D eigenvalue weighted by Crippen LogP contribution is -2.54. The van der Waals surface area contributed by atoms with Crippen LogP contribution in [0.2, 0.25) is 10.0 Å². The molecule has 0 saturated heterocycles. The first kappa shape index (κ1) is 34.0. The summed E-state index contributed by atoms with van der Waals surface area (Å²) < 4.78 is 29.3. The van der Waals surface area contributed by atoms with Crippen molar-refractivity contribution >= 4 is 50.7 Å². The first-order valence-corrected chi connectivity index (χ1v) is 16.8. The van der Waals surface area contributed by atoms with Crippen LogP contribution in [0.5, 0.6) is 0 Å². The molecule has 0 heterocycles. The van der Waals surface area contributed by atoms with Crippen LogP contribution < -0.4 is 9.62 Å². The van der Waals surface area contributed by atoms with Crippen molar-refractivity contribution in [3.8, 4) is 0 Å². The van der Waals surface area contributed by atoms with Gasteiger partial charge in [0, 0.05) is 19.0 Å². The number of rotatable bonds is 12. The van der Waals surface area contributed by atoms with Gasteiger partial charge in [-0.1, -0.05) is 95.0 Å². The van der Waals surface area contributed by atoms with Gasteiger partial charge in [0.25, 0.3) is 10.0 Å². The highest BCUT2D eigenvalue weighted by atomic mass is 35.5. The van der Waals surface area contributed by atoms with Crippen LogP contribution in [-0.2, 0) is 32.6 Å². The number of anilines is 1. The molecule has 2 amide bonds. The second kappa shape index (κ2) is 15.0. The van der Waals surface area contributed by atoms with E-state index in [-0.39, 0.29) is 29.8 Å². The van der Waals surface area contributed by atoms with Gasteiger partial charge in [-0.25, -0.2) is 8.42 Å². The monoisotopic (exact) mass is 665 g/mol. The minimum atomic E-state index is -4.17. The van der Waals surface area contributed by atoms with Crippen molar-refractivity contribution in [2.75, 3.05) is 10.8 Å². The number of amides is 2. The zero-order chi connectivity index (χ0) is 32.7. The number of carbonyl (C=O) groups is 2. The minimum Gasteiger partial charge on any atom is -0.352 e. The number of benzene rings is 4. The third kappa shape index (κ3) is 8.87. The van der Waals surface area contributed by atoms with E-state index in [0.29, 0.717) is 21.3 Å². The number of hydrogen-bond acceptors (Lipinski definition) is 4. The van der Waals surface area contributed by atoms with Crippen LogP contribution in [-0.4, -0.2) is 43.8 Å². The molecular weight excluding hydrogens is 629 g/mol. The Morgan fingerprint density at radius 1 is 0.778 bits per heavy atom. The fourth-order valence-electron chi connectivity index (χ4n) is 4.85. The number of sulfonamides is 1. The molecule has 0 aliphatic carbocycles. The Balaban J connectivity index is 1.81. The molecule has 7 nitrogen and oxygen atoms in total. The summed E-state index contributed by atoms with van der Waals surface area (Å²) in [7, 11) is -4.17. The molecule has 0 aliphatic heterocycles. The van der Waals surface area contributed by atoms with E-state index in [1.165, 1.54) is 17.0 Å². The van der Waals surface area contributed by atoms with Crippen molar-refractivity contribution in [3.63, 3.8) is 0 Å². The minimum absolute atomic E-state index is 0.00887. The molecule has 0 fully saturated rings. The summed E-state index contributed by atoms with van der Waals surface area (Å²) in [5.41, 5.74) is 3.65. The van der Waals surface area contributed by atoms with Crippen molar-refractivity contribution in [1.29, 1.82) is 0 Å². The van der Waals surface area contributed by atoms with E-state index in [2.05, 4.69) is 5.32 Å². The summed E-state index contributed by atoms with van der Waals surface area (Å²) in [5, 5.41) is 3.60. The highest BCUT2D eigenvalue weighted by Gasteiger charge is 2.35. The number of nitrogens with zero attached hydrogens (tertiary/aromatic N) is 2. The maximum Gasteiger partial charge on any atom is 0.264 e. The van der Waals surface area contributed by atoms with Crippen molar-refractivity contribution < 1.29 is 18.0 Å². The van der Waals surface area contributed by atoms with E-state index < -0.39 is 28.5 Å². The Hall–Kier alpha value is -3.85. The van der Waals surface area contributed by atoms with E-state index >= 15 is 0 Å². The fraction of sp³-hybridized carbons (Fsp3) is 0.257. The van der Waals surface area contributed by atoms with Crippen LogP contribution in [0.3, 0.4) is 0 Å². The normalized spacial score (nSPS) is 12.1. The Kier molecular flexibility index (Phi) is 11.3. The largest absolute Gasteiger partial charge is 0.352 e. The molecule has 4 rings (SSSR count). The number of nitrogens with one attached hydrogen (secondary N) is 1. The highest BCUT2D eigenvalue weighted by molar-refractivity contribution is 7.92. The quantitative estimate of drug-likeness (QED) is 0.177. The standard InChI is InChI=1S/C35H37Cl2N3O4S/c1-24(2)38-35(42)33(21-27-8-6-5-7-9-27)39(22-28-14-19-31(36)32(37)20-28)34(41)23-40(29-15-10-25(3)11-16-29)45(43,44)30-17-12-26(4)13-18-30/h5-20,24,33H,21-23H2,1-4H3,(H,38,42)/t33-/m0/s1. The third-order valence-electron chi connectivity index (χ3n) is 7.25. The van der Waals surface area contributed by atoms with Gasteiger partial charge in [-0.2, -0.15) is 0 Å². The summed E-state index contributed by atoms with van der Waals surface area (Å²) in [6, 6.07) is 26.6. The molecular formula is C35H37Cl2N3O4S. The Bertz CT molecular complexity index is 1730. The van der Waals surface area contributed by atoms with Gasteiger partial charge in [0.2, 0.25) is 11.8 Å². The van der Waals surface area contributed by atoms with Gasteiger partial charge in [0.15, 0.2) is 0 Å². The maximum atomic E-state index is 14.5. The smallest absolute Gasteiger partial charge is 0.264 e. The summed E-state index contributed by atoms with van der Waals surface area (Å²) in [6.07, 6.45) is 0.210. The molecule has 1 N–H and O–H groups in total. The zero-order valence-electron chi connectivity index (χ0n) is 25.7. The predicted molar refractivity (Wildman–Crippen MR) is 181 cm³/mol. The summed E-state index contributed by atoms with van der Waals surface area (Å²) in [5.74, 6) is -0.914. The van der Waals surface area contributed by atoms with Gasteiger partial charge in [-0.15, -0.1) is 0 Å². The zero-order valence-corrected chi connectivity index (χ0v) is 28.0. The lowest BCUT2D eigenvalue weighted by atomic mass is 10.0. The van der Waals surface area contributed by atoms with Crippen molar-refractivity contribution in [2.24, 2.45) is 0 Å². The summed E-state index contributed by atoms with van der Waals surface area (Å²) in [4.78, 5) is 29.7. The molecule has 0 unspecified atom stereocenters. The van der Waals surface area contributed by atoms with E-state index in [1.807, 2.05) is 58.0 Å². The van der Waals surface area contributed by atoms with Crippen LogP contribution in [0, 0.1) is 13.8 Å².